The number of benzene rings is 3. The van der Waals surface area contributed by atoms with Crippen LogP contribution in [0.25, 0.3) is 0 Å². The summed E-state index contributed by atoms with van der Waals surface area (Å²) in [5, 5.41) is 9.43. The van der Waals surface area contributed by atoms with Crippen LogP contribution >= 0.6 is 23.5 Å². The van der Waals surface area contributed by atoms with Crippen molar-refractivity contribution in [2.45, 2.75) is 27.9 Å². The van der Waals surface area contributed by atoms with Crippen LogP contribution in [0.2, 0.25) is 0 Å². The highest BCUT2D eigenvalue weighted by Crippen LogP contribution is 2.35. The lowest BCUT2D eigenvalue weighted by molar-refractivity contribution is 0.281. The standard InChI is InChI=1S/C21H20OS2/c22-14-19-11-12-20(23-15-17-7-3-1-4-8-17)21(13-19)24-16-18-9-5-2-6-10-18/h1-13,22H,14-16H2. The summed E-state index contributed by atoms with van der Waals surface area (Å²) in [6.07, 6.45) is 0. The average Bonchev–Trinajstić information content (AvgIpc) is 2.66. The molecule has 3 rings (SSSR count). The summed E-state index contributed by atoms with van der Waals surface area (Å²) in [6.45, 7) is 0.0858. The molecule has 0 aliphatic carbocycles. The Bertz CT molecular complexity index is 757. The zero-order valence-corrected chi connectivity index (χ0v) is 15.0. The molecule has 122 valence electrons. The van der Waals surface area contributed by atoms with E-state index in [0.29, 0.717) is 0 Å². The Hall–Kier alpha value is -1.68. The van der Waals surface area contributed by atoms with Crippen molar-refractivity contribution in [2.75, 3.05) is 0 Å². The molecule has 0 atom stereocenters. The summed E-state index contributed by atoms with van der Waals surface area (Å²) in [5.41, 5.74) is 3.61. The van der Waals surface area contributed by atoms with Crippen LogP contribution in [0.5, 0.6) is 0 Å². The van der Waals surface area contributed by atoms with Crippen molar-refractivity contribution in [1.82, 2.24) is 0 Å². The molecule has 0 fully saturated rings. The molecule has 0 aliphatic rings. The largest absolute Gasteiger partial charge is 0.392 e. The van der Waals surface area contributed by atoms with E-state index in [4.69, 9.17) is 0 Å². The Morgan fingerprint density at radius 3 is 1.67 bits per heavy atom. The van der Waals surface area contributed by atoms with E-state index in [0.717, 1.165) is 17.1 Å². The molecule has 0 aromatic heterocycles. The van der Waals surface area contributed by atoms with Crippen LogP contribution in [0.3, 0.4) is 0 Å². The number of hydrogen-bond donors (Lipinski definition) is 1. The summed E-state index contributed by atoms with van der Waals surface area (Å²) in [6, 6.07) is 27.3. The van der Waals surface area contributed by atoms with Gasteiger partial charge in [-0.25, -0.2) is 0 Å². The van der Waals surface area contributed by atoms with Crippen LogP contribution in [0, 0.1) is 0 Å². The first-order valence-electron chi connectivity index (χ1n) is 7.92. The van der Waals surface area contributed by atoms with Crippen LogP contribution in [0.15, 0.2) is 88.7 Å². The second kappa shape index (κ2) is 8.97. The quantitative estimate of drug-likeness (QED) is 0.546. The first-order valence-corrected chi connectivity index (χ1v) is 9.89. The molecule has 0 heterocycles. The van der Waals surface area contributed by atoms with Crippen LogP contribution < -0.4 is 0 Å². The van der Waals surface area contributed by atoms with Gasteiger partial charge in [-0.05, 0) is 28.8 Å². The number of aliphatic hydroxyl groups is 1. The normalized spacial score (nSPS) is 10.7. The van der Waals surface area contributed by atoms with E-state index < -0.39 is 0 Å². The maximum absolute atomic E-state index is 9.43. The minimum absolute atomic E-state index is 0.0858. The van der Waals surface area contributed by atoms with Crippen LogP contribution in [0.1, 0.15) is 16.7 Å². The summed E-state index contributed by atoms with van der Waals surface area (Å²) in [4.78, 5) is 2.52. The molecule has 1 N–H and O–H groups in total. The van der Waals surface area contributed by atoms with E-state index in [1.165, 1.54) is 20.9 Å². The van der Waals surface area contributed by atoms with E-state index in [1.54, 1.807) is 0 Å². The van der Waals surface area contributed by atoms with Gasteiger partial charge >= 0.3 is 0 Å². The van der Waals surface area contributed by atoms with Crippen LogP contribution in [0.4, 0.5) is 0 Å². The van der Waals surface area contributed by atoms with E-state index in [-0.39, 0.29) is 6.61 Å². The van der Waals surface area contributed by atoms with Gasteiger partial charge in [0.25, 0.3) is 0 Å². The van der Waals surface area contributed by atoms with Crippen LogP contribution in [-0.2, 0) is 18.1 Å². The Morgan fingerprint density at radius 1 is 0.583 bits per heavy atom. The molecule has 3 aromatic carbocycles. The Labute approximate surface area is 152 Å². The monoisotopic (exact) mass is 352 g/mol. The molecule has 3 heteroatoms. The van der Waals surface area contributed by atoms with Gasteiger partial charge in [-0.15, -0.1) is 23.5 Å². The van der Waals surface area contributed by atoms with Crippen molar-refractivity contribution in [3.63, 3.8) is 0 Å². The fourth-order valence-corrected chi connectivity index (χ4v) is 4.55. The third-order valence-electron chi connectivity index (χ3n) is 3.67. The fourth-order valence-electron chi connectivity index (χ4n) is 2.35. The Kier molecular flexibility index (Phi) is 6.41. The number of hydrogen-bond acceptors (Lipinski definition) is 3. The Morgan fingerprint density at radius 2 is 1.12 bits per heavy atom. The van der Waals surface area contributed by atoms with Gasteiger partial charge in [0.05, 0.1) is 6.61 Å². The summed E-state index contributed by atoms with van der Waals surface area (Å²) in [5.74, 6) is 1.90. The minimum atomic E-state index is 0.0858. The van der Waals surface area contributed by atoms with Gasteiger partial charge in [0.2, 0.25) is 0 Å². The van der Waals surface area contributed by atoms with Crippen molar-refractivity contribution in [3.8, 4) is 0 Å². The molecule has 0 spiro atoms. The lowest BCUT2D eigenvalue weighted by Gasteiger charge is -2.11. The lowest BCUT2D eigenvalue weighted by Crippen LogP contribution is -1.89. The summed E-state index contributed by atoms with van der Waals surface area (Å²) >= 11 is 3.68. The second-order valence-corrected chi connectivity index (χ2v) is 7.52. The van der Waals surface area contributed by atoms with Crippen molar-refractivity contribution < 1.29 is 5.11 Å². The van der Waals surface area contributed by atoms with E-state index >= 15 is 0 Å². The molecule has 0 amide bonds. The molecule has 3 aromatic rings. The summed E-state index contributed by atoms with van der Waals surface area (Å²) < 4.78 is 0. The highest BCUT2D eigenvalue weighted by molar-refractivity contribution is 8.01. The predicted molar refractivity (Wildman–Crippen MR) is 104 cm³/mol. The number of thioether (sulfide) groups is 2. The van der Waals surface area contributed by atoms with E-state index in [9.17, 15) is 5.11 Å². The molecule has 0 unspecified atom stereocenters. The molecule has 0 radical (unpaired) electrons. The third kappa shape index (κ3) is 4.91. The first kappa shape index (κ1) is 17.2. The predicted octanol–water partition coefficient (Wildman–Crippen LogP) is 5.76. The van der Waals surface area contributed by atoms with Gasteiger partial charge in [-0.2, -0.15) is 0 Å². The smallest absolute Gasteiger partial charge is 0.0682 e. The first-order chi connectivity index (χ1) is 11.8. The van der Waals surface area contributed by atoms with Crippen molar-refractivity contribution in [2.24, 2.45) is 0 Å². The van der Waals surface area contributed by atoms with Crippen molar-refractivity contribution >= 4 is 23.5 Å². The molecule has 1 nitrogen and oxygen atoms in total. The zero-order chi connectivity index (χ0) is 16.6. The highest BCUT2D eigenvalue weighted by atomic mass is 32.2. The SMILES string of the molecule is OCc1ccc(SCc2ccccc2)c(SCc2ccccc2)c1. The fraction of sp³-hybridized carbons (Fsp3) is 0.143. The van der Waals surface area contributed by atoms with Crippen molar-refractivity contribution in [1.29, 1.82) is 0 Å². The summed E-state index contributed by atoms with van der Waals surface area (Å²) in [7, 11) is 0. The number of rotatable bonds is 7. The van der Waals surface area contributed by atoms with E-state index in [1.807, 2.05) is 41.7 Å². The molecular weight excluding hydrogens is 332 g/mol. The van der Waals surface area contributed by atoms with Crippen molar-refractivity contribution in [3.05, 3.63) is 95.6 Å². The van der Waals surface area contributed by atoms with Gasteiger partial charge in [-0.3, -0.25) is 0 Å². The van der Waals surface area contributed by atoms with Gasteiger partial charge in [0, 0.05) is 21.3 Å². The van der Waals surface area contributed by atoms with Gasteiger partial charge in [0.1, 0.15) is 0 Å². The molecule has 0 aliphatic heterocycles. The molecule has 0 saturated carbocycles. The maximum Gasteiger partial charge on any atom is 0.0682 e. The van der Waals surface area contributed by atoms with E-state index in [2.05, 4.69) is 60.7 Å². The molecule has 24 heavy (non-hydrogen) atoms. The maximum atomic E-state index is 9.43. The number of aliphatic hydroxyl groups excluding tert-OH is 1. The lowest BCUT2D eigenvalue weighted by atomic mass is 10.2. The van der Waals surface area contributed by atoms with Gasteiger partial charge in [0.15, 0.2) is 0 Å². The zero-order valence-electron chi connectivity index (χ0n) is 13.4. The molecular formula is C21H20OS2. The highest BCUT2D eigenvalue weighted by Gasteiger charge is 2.07. The second-order valence-electron chi connectivity index (χ2n) is 5.49. The Balaban J connectivity index is 1.72. The van der Waals surface area contributed by atoms with Gasteiger partial charge in [-0.1, -0.05) is 66.7 Å². The van der Waals surface area contributed by atoms with Crippen LogP contribution in [-0.4, -0.2) is 5.11 Å². The van der Waals surface area contributed by atoms with Gasteiger partial charge < -0.3 is 5.11 Å². The molecule has 0 bridgehead atoms. The topological polar surface area (TPSA) is 20.2 Å². The molecule has 0 saturated heterocycles. The minimum Gasteiger partial charge on any atom is -0.392 e. The average molecular weight is 353 g/mol. The third-order valence-corrected chi connectivity index (χ3v) is 6.07.